The molecule has 0 radical (unpaired) electrons. The molecule has 0 saturated heterocycles. The summed E-state index contributed by atoms with van der Waals surface area (Å²) in [5.74, 6) is -0.0755. The van der Waals surface area contributed by atoms with Gasteiger partial charge in [-0.15, -0.1) is 11.3 Å². The second kappa shape index (κ2) is 10.4. The maximum atomic E-state index is 13.8. The number of unbranched alkanes of at least 4 members (excludes halogenated alkanes) is 1. The van der Waals surface area contributed by atoms with Crippen LogP contribution >= 0.6 is 11.3 Å². The molecule has 3 aromatic carbocycles. The van der Waals surface area contributed by atoms with Gasteiger partial charge < -0.3 is 9.80 Å². The minimum atomic E-state index is -0.112. The van der Waals surface area contributed by atoms with Crippen LogP contribution in [0.4, 0.5) is 0 Å². The molecule has 5 rings (SSSR count). The van der Waals surface area contributed by atoms with E-state index in [-0.39, 0.29) is 24.4 Å². The fraction of sp³-hybridized carbons (Fsp3) is 0.267. The van der Waals surface area contributed by atoms with E-state index in [0.29, 0.717) is 18.7 Å². The summed E-state index contributed by atoms with van der Waals surface area (Å²) in [6, 6.07) is 26.0. The highest BCUT2D eigenvalue weighted by atomic mass is 32.1. The number of rotatable bonds is 7. The van der Waals surface area contributed by atoms with Gasteiger partial charge in [0.25, 0.3) is 5.91 Å². The summed E-state index contributed by atoms with van der Waals surface area (Å²) in [5, 5.41) is 4.08. The van der Waals surface area contributed by atoms with Crippen molar-refractivity contribution in [2.24, 2.45) is 0 Å². The molecule has 0 spiro atoms. The highest BCUT2D eigenvalue weighted by Gasteiger charge is 2.34. The molecule has 1 aromatic heterocycles. The molecule has 35 heavy (non-hydrogen) atoms. The molecule has 0 fully saturated rings. The monoisotopic (exact) mass is 482 g/mol. The van der Waals surface area contributed by atoms with Gasteiger partial charge >= 0.3 is 0 Å². The van der Waals surface area contributed by atoms with Gasteiger partial charge in [-0.25, -0.2) is 0 Å². The number of carbonyl (C=O) groups is 2. The highest BCUT2D eigenvalue weighted by molar-refractivity contribution is 7.10. The van der Waals surface area contributed by atoms with E-state index in [0.717, 1.165) is 35.6 Å². The summed E-state index contributed by atoms with van der Waals surface area (Å²) >= 11 is 1.76. The first-order chi connectivity index (χ1) is 17.2. The molecule has 1 aliphatic rings. The van der Waals surface area contributed by atoms with Crippen LogP contribution in [-0.4, -0.2) is 41.2 Å². The molecule has 0 bridgehead atoms. The van der Waals surface area contributed by atoms with Crippen molar-refractivity contribution in [3.63, 3.8) is 0 Å². The van der Waals surface area contributed by atoms with Gasteiger partial charge in [0.2, 0.25) is 5.91 Å². The third-order valence-corrected chi connectivity index (χ3v) is 7.81. The van der Waals surface area contributed by atoms with Crippen molar-refractivity contribution in [1.29, 1.82) is 0 Å². The molecular weight excluding hydrogens is 452 g/mol. The summed E-state index contributed by atoms with van der Waals surface area (Å²) in [5.41, 5.74) is 2.98. The van der Waals surface area contributed by atoms with Crippen LogP contribution < -0.4 is 0 Å². The quantitative estimate of drug-likeness (QED) is 0.309. The third-order valence-electron chi connectivity index (χ3n) is 6.82. The molecule has 2 amide bonds. The van der Waals surface area contributed by atoms with Crippen molar-refractivity contribution in [3.05, 3.63) is 106 Å². The Morgan fingerprint density at radius 2 is 1.74 bits per heavy atom. The van der Waals surface area contributed by atoms with Crippen LogP contribution in [0, 0.1) is 0 Å². The van der Waals surface area contributed by atoms with Gasteiger partial charge in [-0.3, -0.25) is 9.59 Å². The number of amides is 2. The fourth-order valence-electron chi connectivity index (χ4n) is 5.02. The first-order valence-electron chi connectivity index (χ1n) is 12.3. The van der Waals surface area contributed by atoms with E-state index in [9.17, 15) is 9.59 Å². The average molecular weight is 483 g/mol. The Hall–Kier alpha value is -3.44. The van der Waals surface area contributed by atoms with E-state index < -0.39 is 0 Å². The number of nitrogens with zero attached hydrogens (tertiary/aromatic N) is 2. The predicted octanol–water partition coefficient (Wildman–Crippen LogP) is 6.32. The van der Waals surface area contributed by atoms with Crippen LogP contribution in [0.1, 0.15) is 52.2 Å². The van der Waals surface area contributed by atoms with Crippen molar-refractivity contribution in [2.45, 2.75) is 32.2 Å². The Bertz CT molecular complexity index is 1330. The topological polar surface area (TPSA) is 40.6 Å². The Morgan fingerprint density at radius 1 is 0.971 bits per heavy atom. The van der Waals surface area contributed by atoms with Crippen LogP contribution in [0.5, 0.6) is 0 Å². The number of carbonyl (C=O) groups excluding carboxylic acids is 2. The van der Waals surface area contributed by atoms with Crippen LogP contribution in [0.3, 0.4) is 0 Å². The lowest BCUT2D eigenvalue weighted by molar-refractivity contribution is -0.134. The lowest BCUT2D eigenvalue weighted by atomic mass is 9.93. The number of fused-ring (bicyclic) bond motifs is 2. The van der Waals surface area contributed by atoms with Gasteiger partial charge in [0.1, 0.15) is 6.54 Å². The van der Waals surface area contributed by atoms with Crippen LogP contribution in [0.2, 0.25) is 0 Å². The zero-order chi connectivity index (χ0) is 24.2. The molecule has 0 N–H and O–H groups in total. The number of thiophene rings is 1. The molecule has 5 heteroatoms. The smallest absolute Gasteiger partial charge is 0.254 e. The summed E-state index contributed by atoms with van der Waals surface area (Å²) in [7, 11) is 0. The van der Waals surface area contributed by atoms with Gasteiger partial charge in [0.05, 0.1) is 6.04 Å². The standard InChI is InChI=1S/C30H30N2O2S/c1-2-3-18-31(30(34)25-15-9-13-22-10-7-8-14-24(22)25)21-28(33)32-19-16-27-26(17-20-35-27)29(32)23-11-5-4-6-12-23/h4-15,17,20,29H,2-3,16,18-19,21H2,1H3/t29-/m0/s1. The van der Waals surface area contributed by atoms with E-state index in [1.54, 1.807) is 16.2 Å². The maximum Gasteiger partial charge on any atom is 0.254 e. The first-order valence-corrected chi connectivity index (χ1v) is 13.2. The van der Waals surface area contributed by atoms with Crippen LogP contribution in [-0.2, 0) is 11.2 Å². The maximum absolute atomic E-state index is 13.8. The largest absolute Gasteiger partial charge is 0.330 e. The number of hydrogen-bond acceptors (Lipinski definition) is 3. The van der Waals surface area contributed by atoms with Crippen molar-refractivity contribution < 1.29 is 9.59 Å². The Balaban J connectivity index is 1.45. The Kier molecular flexibility index (Phi) is 6.96. The van der Waals surface area contributed by atoms with Crippen LogP contribution in [0.25, 0.3) is 10.8 Å². The molecule has 1 atom stereocenters. The zero-order valence-corrected chi connectivity index (χ0v) is 20.8. The molecule has 0 saturated carbocycles. The molecule has 178 valence electrons. The summed E-state index contributed by atoms with van der Waals surface area (Å²) in [4.78, 5) is 32.6. The van der Waals surface area contributed by atoms with Crippen molar-refractivity contribution in [3.8, 4) is 0 Å². The highest BCUT2D eigenvalue weighted by Crippen LogP contribution is 2.37. The number of benzene rings is 3. The molecule has 4 nitrogen and oxygen atoms in total. The Labute approximate surface area is 210 Å². The lowest BCUT2D eigenvalue weighted by Crippen LogP contribution is -2.47. The summed E-state index contributed by atoms with van der Waals surface area (Å²) < 4.78 is 0. The number of hydrogen-bond donors (Lipinski definition) is 0. The fourth-order valence-corrected chi connectivity index (χ4v) is 5.92. The van der Waals surface area contributed by atoms with Gasteiger partial charge in [0.15, 0.2) is 0 Å². The van der Waals surface area contributed by atoms with E-state index >= 15 is 0 Å². The predicted molar refractivity (Wildman–Crippen MR) is 143 cm³/mol. The van der Waals surface area contributed by atoms with E-state index in [1.807, 2.05) is 65.6 Å². The molecule has 1 aliphatic heterocycles. The van der Waals surface area contributed by atoms with Crippen molar-refractivity contribution in [2.75, 3.05) is 19.6 Å². The second-order valence-electron chi connectivity index (χ2n) is 9.06. The third kappa shape index (κ3) is 4.73. The Morgan fingerprint density at radius 3 is 2.57 bits per heavy atom. The van der Waals surface area contributed by atoms with Crippen LogP contribution in [0.15, 0.2) is 84.2 Å². The molecule has 0 unspecified atom stereocenters. The van der Waals surface area contributed by atoms with E-state index in [4.69, 9.17) is 0 Å². The van der Waals surface area contributed by atoms with Crippen molar-refractivity contribution >= 4 is 33.9 Å². The van der Waals surface area contributed by atoms with Gasteiger partial charge in [-0.1, -0.05) is 80.1 Å². The zero-order valence-electron chi connectivity index (χ0n) is 20.0. The van der Waals surface area contributed by atoms with Gasteiger partial charge in [-0.2, -0.15) is 0 Å². The second-order valence-corrected chi connectivity index (χ2v) is 10.1. The lowest BCUT2D eigenvalue weighted by Gasteiger charge is -2.37. The molecule has 2 heterocycles. The SMILES string of the molecule is CCCCN(CC(=O)N1CCc2sccc2[C@@H]1c1ccccc1)C(=O)c1cccc2ccccc12. The van der Waals surface area contributed by atoms with Crippen molar-refractivity contribution in [1.82, 2.24) is 9.80 Å². The first kappa shape index (κ1) is 23.3. The summed E-state index contributed by atoms with van der Waals surface area (Å²) in [6.07, 6.45) is 2.68. The molecule has 0 aliphatic carbocycles. The van der Waals surface area contributed by atoms with E-state index in [1.165, 1.54) is 10.4 Å². The normalized spacial score (nSPS) is 15.1. The summed E-state index contributed by atoms with van der Waals surface area (Å²) in [6.45, 7) is 3.43. The minimum absolute atomic E-state index is 0.000364. The minimum Gasteiger partial charge on any atom is -0.330 e. The van der Waals surface area contributed by atoms with E-state index in [2.05, 4.69) is 30.5 Å². The molecular formula is C30H30N2O2S. The average Bonchev–Trinajstić information content (AvgIpc) is 3.39. The van der Waals surface area contributed by atoms with Gasteiger partial charge in [-0.05, 0) is 52.3 Å². The molecule has 4 aromatic rings. The van der Waals surface area contributed by atoms with Gasteiger partial charge in [0, 0.05) is 23.5 Å².